The first-order chi connectivity index (χ1) is 16.2. The van der Waals surface area contributed by atoms with Gasteiger partial charge in [0.05, 0.1) is 11.4 Å². The lowest BCUT2D eigenvalue weighted by Crippen LogP contribution is -2.40. The Balaban J connectivity index is 1.57. The predicted molar refractivity (Wildman–Crippen MR) is 128 cm³/mol. The van der Waals surface area contributed by atoms with Crippen molar-refractivity contribution in [2.45, 2.75) is 25.8 Å². The van der Waals surface area contributed by atoms with Crippen molar-refractivity contribution in [3.63, 3.8) is 0 Å². The molecule has 1 aliphatic heterocycles. The Bertz CT molecular complexity index is 1490. The average molecular weight is 435 g/mol. The molecule has 0 spiro atoms. The molecule has 1 fully saturated rings. The van der Waals surface area contributed by atoms with Crippen LogP contribution in [-0.4, -0.2) is 43.6 Å². The molecule has 0 saturated carbocycles. The van der Waals surface area contributed by atoms with Crippen molar-refractivity contribution in [3.05, 3.63) is 60.0 Å². The number of nitrogens with zero attached hydrogens (tertiary/aromatic N) is 5. The van der Waals surface area contributed by atoms with Gasteiger partial charge in [0, 0.05) is 18.7 Å². The van der Waals surface area contributed by atoms with Crippen LogP contribution in [0.15, 0.2) is 48.8 Å². The summed E-state index contributed by atoms with van der Waals surface area (Å²) in [7, 11) is 0. The summed E-state index contributed by atoms with van der Waals surface area (Å²) < 4.78 is 1.85. The van der Waals surface area contributed by atoms with Gasteiger partial charge < -0.3 is 10.6 Å². The summed E-state index contributed by atoms with van der Waals surface area (Å²) in [5, 5.41) is 7.65. The van der Waals surface area contributed by atoms with Crippen molar-refractivity contribution in [3.8, 4) is 23.7 Å². The van der Waals surface area contributed by atoms with Crippen LogP contribution in [0.25, 0.3) is 21.8 Å². The van der Waals surface area contributed by atoms with Crippen molar-refractivity contribution in [2.75, 3.05) is 18.8 Å². The molecule has 4 aromatic rings. The first kappa shape index (κ1) is 20.5. The number of aromatic nitrogens is 4. The highest BCUT2D eigenvalue weighted by Crippen LogP contribution is 2.28. The Morgan fingerprint density at radius 3 is 2.85 bits per heavy atom. The molecular weight excluding hydrogens is 412 g/mol. The second-order valence-corrected chi connectivity index (χ2v) is 7.95. The number of rotatable bonds is 1. The number of nitrogens with two attached hydrogens (primary N) is 1. The molecule has 0 unspecified atom stereocenters. The first-order valence-corrected chi connectivity index (χ1v) is 10.9. The molecule has 0 aliphatic carbocycles. The van der Waals surface area contributed by atoms with Gasteiger partial charge in [-0.1, -0.05) is 48.2 Å². The fourth-order valence-electron chi connectivity index (χ4n) is 4.32. The molecule has 0 bridgehead atoms. The molecule has 162 valence electrons. The molecule has 0 radical (unpaired) electrons. The second kappa shape index (κ2) is 8.64. The number of carbonyl (C=O) groups excluding carboxylic acids is 1. The van der Waals surface area contributed by atoms with E-state index >= 15 is 0 Å². The summed E-state index contributed by atoms with van der Waals surface area (Å²) in [6.45, 7) is 2.87. The molecule has 1 aliphatic rings. The number of nitrogen functional groups attached to an aromatic ring is 1. The number of carbonyl (C=O) groups is 1. The van der Waals surface area contributed by atoms with Gasteiger partial charge in [0.15, 0.2) is 5.65 Å². The SMILES string of the molecule is CC#CC(=O)N1CCC[C@@H](n2nc(C#Cc3cccc4ccccc34)c3c(N)ncnc32)C1. The topological polar surface area (TPSA) is 89.9 Å². The molecule has 7 nitrogen and oxygen atoms in total. The van der Waals surface area contributed by atoms with E-state index in [1.54, 1.807) is 11.8 Å². The van der Waals surface area contributed by atoms with Gasteiger partial charge in [0.25, 0.3) is 5.91 Å². The van der Waals surface area contributed by atoms with E-state index in [-0.39, 0.29) is 11.9 Å². The van der Waals surface area contributed by atoms with Crippen LogP contribution in [0.5, 0.6) is 0 Å². The second-order valence-electron chi connectivity index (χ2n) is 7.95. The molecule has 3 heterocycles. The third-order valence-electron chi connectivity index (χ3n) is 5.88. The molecule has 2 N–H and O–H groups in total. The summed E-state index contributed by atoms with van der Waals surface area (Å²) >= 11 is 0. The number of hydrogen-bond donors (Lipinski definition) is 1. The molecule has 2 aromatic carbocycles. The third-order valence-corrected chi connectivity index (χ3v) is 5.88. The van der Waals surface area contributed by atoms with Gasteiger partial charge in [0.1, 0.15) is 17.8 Å². The summed E-state index contributed by atoms with van der Waals surface area (Å²) in [6, 6.07) is 14.2. The maximum Gasteiger partial charge on any atom is 0.298 e. The highest BCUT2D eigenvalue weighted by molar-refractivity contribution is 5.94. The summed E-state index contributed by atoms with van der Waals surface area (Å²) in [6.07, 6.45) is 3.17. The number of amides is 1. The zero-order chi connectivity index (χ0) is 22.8. The number of anilines is 1. The highest BCUT2D eigenvalue weighted by Gasteiger charge is 2.27. The van der Waals surface area contributed by atoms with Gasteiger partial charge in [0.2, 0.25) is 0 Å². The maximum atomic E-state index is 12.3. The predicted octanol–water partition coefficient (Wildman–Crippen LogP) is 3.15. The fourth-order valence-corrected chi connectivity index (χ4v) is 4.32. The zero-order valence-corrected chi connectivity index (χ0v) is 18.2. The molecule has 7 heteroatoms. The summed E-state index contributed by atoms with van der Waals surface area (Å²) in [5.74, 6) is 12.0. The minimum absolute atomic E-state index is 0.0359. The monoisotopic (exact) mass is 434 g/mol. The number of benzene rings is 2. The van der Waals surface area contributed by atoms with E-state index in [1.165, 1.54) is 6.33 Å². The number of piperidine rings is 1. The van der Waals surface area contributed by atoms with Crippen LogP contribution in [0, 0.1) is 23.7 Å². The number of hydrogen-bond acceptors (Lipinski definition) is 5. The Hall–Kier alpha value is -4.36. The van der Waals surface area contributed by atoms with Crippen molar-refractivity contribution in [1.82, 2.24) is 24.6 Å². The summed E-state index contributed by atoms with van der Waals surface area (Å²) in [4.78, 5) is 22.7. The van der Waals surface area contributed by atoms with Crippen LogP contribution in [0.1, 0.15) is 37.1 Å². The first-order valence-electron chi connectivity index (χ1n) is 10.9. The van der Waals surface area contributed by atoms with E-state index in [1.807, 2.05) is 28.9 Å². The van der Waals surface area contributed by atoms with Crippen LogP contribution in [0.4, 0.5) is 5.82 Å². The fraction of sp³-hybridized carbons (Fsp3) is 0.231. The Morgan fingerprint density at radius 2 is 1.97 bits per heavy atom. The average Bonchev–Trinajstić information content (AvgIpc) is 3.23. The molecule has 2 aromatic heterocycles. The Morgan fingerprint density at radius 1 is 1.12 bits per heavy atom. The van der Waals surface area contributed by atoms with Crippen molar-refractivity contribution < 1.29 is 4.79 Å². The smallest absolute Gasteiger partial charge is 0.298 e. The Kier molecular flexibility index (Phi) is 5.38. The molecular formula is C26H22N6O. The minimum atomic E-state index is -0.163. The van der Waals surface area contributed by atoms with Gasteiger partial charge in [-0.25, -0.2) is 14.6 Å². The third kappa shape index (κ3) is 3.86. The van der Waals surface area contributed by atoms with Crippen LogP contribution < -0.4 is 5.73 Å². The molecule has 1 amide bonds. The molecule has 1 atom stereocenters. The van der Waals surface area contributed by atoms with E-state index in [4.69, 9.17) is 10.8 Å². The van der Waals surface area contributed by atoms with E-state index in [0.717, 1.165) is 29.2 Å². The van der Waals surface area contributed by atoms with Gasteiger partial charge in [-0.15, -0.1) is 0 Å². The molecule has 1 saturated heterocycles. The summed E-state index contributed by atoms with van der Waals surface area (Å²) in [5.41, 5.74) is 8.30. The van der Waals surface area contributed by atoms with Crippen molar-refractivity contribution in [2.24, 2.45) is 0 Å². The normalized spacial score (nSPS) is 15.5. The van der Waals surface area contributed by atoms with E-state index in [2.05, 4.69) is 51.8 Å². The van der Waals surface area contributed by atoms with Crippen molar-refractivity contribution >= 4 is 33.5 Å². The van der Waals surface area contributed by atoms with E-state index < -0.39 is 0 Å². The standard InChI is InChI=1S/C26H22N6O/c1-2-7-23(33)31-15-6-11-20(16-31)32-26-24(25(27)28-17-29-26)22(30-32)14-13-19-10-5-9-18-8-3-4-12-21(18)19/h3-5,8-10,12,17,20H,6,11,15-16H2,1H3,(H2,27,28,29)/t20-/m1/s1. The highest BCUT2D eigenvalue weighted by atomic mass is 16.2. The van der Waals surface area contributed by atoms with E-state index in [9.17, 15) is 4.79 Å². The quantitative estimate of drug-likeness (QED) is 0.465. The van der Waals surface area contributed by atoms with Crippen LogP contribution in [0.2, 0.25) is 0 Å². The maximum absolute atomic E-state index is 12.3. The van der Waals surface area contributed by atoms with E-state index in [0.29, 0.717) is 35.6 Å². The number of fused-ring (bicyclic) bond motifs is 2. The molecule has 33 heavy (non-hydrogen) atoms. The lowest BCUT2D eigenvalue weighted by molar-refractivity contribution is -0.126. The van der Waals surface area contributed by atoms with Gasteiger partial charge in [-0.05, 0) is 48.4 Å². The molecule has 5 rings (SSSR count). The van der Waals surface area contributed by atoms with Crippen molar-refractivity contribution in [1.29, 1.82) is 0 Å². The van der Waals surface area contributed by atoms with Crippen LogP contribution in [-0.2, 0) is 4.79 Å². The minimum Gasteiger partial charge on any atom is -0.383 e. The Labute approximate surface area is 191 Å². The van der Waals surface area contributed by atoms with Crippen LogP contribution in [0.3, 0.4) is 0 Å². The van der Waals surface area contributed by atoms with Crippen LogP contribution >= 0.6 is 0 Å². The lowest BCUT2D eigenvalue weighted by atomic mass is 10.0. The number of likely N-dealkylation sites (tertiary alicyclic amines) is 1. The zero-order valence-electron chi connectivity index (χ0n) is 18.2. The van der Waals surface area contributed by atoms with Gasteiger partial charge >= 0.3 is 0 Å². The van der Waals surface area contributed by atoms with Gasteiger partial charge in [-0.2, -0.15) is 5.10 Å². The largest absolute Gasteiger partial charge is 0.383 e. The lowest BCUT2D eigenvalue weighted by Gasteiger charge is -2.31. The van der Waals surface area contributed by atoms with Gasteiger partial charge in [-0.3, -0.25) is 4.79 Å².